The second-order valence-corrected chi connectivity index (χ2v) is 6.66. The van der Waals surface area contributed by atoms with Crippen molar-refractivity contribution in [1.82, 2.24) is 10.2 Å². The van der Waals surface area contributed by atoms with Crippen LogP contribution in [0.3, 0.4) is 0 Å². The predicted molar refractivity (Wildman–Crippen MR) is 84.4 cm³/mol. The van der Waals surface area contributed by atoms with Gasteiger partial charge in [0.15, 0.2) is 0 Å². The second-order valence-electron chi connectivity index (χ2n) is 5.60. The molecule has 2 unspecified atom stereocenters. The first-order valence-corrected chi connectivity index (χ1v) is 8.78. The van der Waals surface area contributed by atoms with Gasteiger partial charge in [0.2, 0.25) is 5.13 Å². The molecule has 20 heavy (non-hydrogen) atoms. The summed E-state index contributed by atoms with van der Waals surface area (Å²) in [7, 11) is 0. The highest BCUT2D eigenvalue weighted by Crippen LogP contribution is 2.27. The molecule has 0 amide bonds. The number of ether oxygens (including phenoxy) is 1. The van der Waals surface area contributed by atoms with Gasteiger partial charge in [-0.25, -0.2) is 0 Å². The van der Waals surface area contributed by atoms with Crippen LogP contribution in [0.2, 0.25) is 0 Å². The molecule has 1 aromatic heterocycles. The van der Waals surface area contributed by atoms with Gasteiger partial charge in [0.25, 0.3) is 0 Å². The summed E-state index contributed by atoms with van der Waals surface area (Å²) in [6.07, 6.45) is 7.13. The molecule has 1 aliphatic rings. The van der Waals surface area contributed by atoms with E-state index in [4.69, 9.17) is 4.74 Å². The molecule has 2 heterocycles. The van der Waals surface area contributed by atoms with Gasteiger partial charge in [-0.3, -0.25) is 0 Å². The van der Waals surface area contributed by atoms with Crippen molar-refractivity contribution < 1.29 is 4.74 Å². The Kier molecular flexibility index (Phi) is 6.23. The van der Waals surface area contributed by atoms with Crippen LogP contribution in [0.15, 0.2) is 0 Å². The smallest absolute Gasteiger partial charge is 0.205 e. The zero-order chi connectivity index (χ0) is 14.4. The molecule has 114 valence electrons. The first-order valence-electron chi connectivity index (χ1n) is 7.97. The van der Waals surface area contributed by atoms with Crippen LogP contribution in [-0.2, 0) is 11.2 Å². The minimum absolute atomic E-state index is 0.402. The highest BCUT2D eigenvalue weighted by Gasteiger charge is 2.28. The van der Waals surface area contributed by atoms with Crippen LogP contribution in [0, 0.1) is 5.92 Å². The normalized spacial score (nSPS) is 23.2. The molecule has 1 aliphatic heterocycles. The zero-order valence-corrected chi connectivity index (χ0v) is 13.7. The van der Waals surface area contributed by atoms with Gasteiger partial charge in [-0.2, -0.15) is 0 Å². The van der Waals surface area contributed by atoms with Gasteiger partial charge in [0.1, 0.15) is 5.01 Å². The summed E-state index contributed by atoms with van der Waals surface area (Å²) in [5.41, 5.74) is 0. The quantitative estimate of drug-likeness (QED) is 0.829. The van der Waals surface area contributed by atoms with Crippen molar-refractivity contribution in [3.63, 3.8) is 0 Å². The molecule has 0 spiro atoms. The number of nitrogens with zero attached hydrogens (tertiary/aromatic N) is 2. The summed E-state index contributed by atoms with van der Waals surface area (Å²) in [5.74, 6) is 0.685. The molecular formula is C15H27N3OS. The Morgan fingerprint density at radius 2 is 2.10 bits per heavy atom. The topological polar surface area (TPSA) is 47.0 Å². The molecule has 5 heteroatoms. The van der Waals surface area contributed by atoms with E-state index in [0.29, 0.717) is 18.1 Å². The maximum atomic E-state index is 5.96. The molecule has 2 atom stereocenters. The van der Waals surface area contributed by atoms with E-state index in [0.717, 1.165) is 42.4 Å². The molecule has 1 saturated heterocycles. The minimum atomic E-state index is 0.402. The lowest BCUT2D eigenvalue weighted by atomic mass is 9.89. The summed E-state index contributed by atoms with van der Waals surface area (Å²) in [4.78, 5) is 0. The van der Waals surface area contributed by atoms with Crippen molar-refractivity contribution >= 4 is 16.5 Å². The summed E-state index contributed by atoms with van der Waals surface area (Å²) in [5, 5.41) is 14.2. The van der Waals surface area contributed by atoms with Crippen LogP contribution >= 0.6 is 11.3 Å². The maximum absolute atomic E-state index is 5.96. The van der Waals surface area contributed by atoms with E-state index in [1.54, 1.807) is 11.3 Å². The third kappa shape index (κ3) is 4.16. The molecule has 0 bridgehead atoms. The average Bonchev–Trinajstić information content (AvgIpc) is 2.88. The molecule has 0 aliphatic carbocycles. The third-order valence-electron chi connectivity index (χ3n) is 4.15. The number of hydrogen-bond acceptors (Lipinski definition) is 5. The fourth-order valence-corrected chi connectivity index (χ4v) is 3.82. The van der Waals surface area contributed by atoms with Crippen molar-refractivity contribution in [2.75, 3.05) is 11.9 Å². The number of hydrogen-bond donors (Lipinski definition) is 1. The molecule has 1 N–H and O–H groups in total. The van der Waals surface area contributed by atoms with E-state index in [1.165, 1.54) is 12.8 Å². The van der Waals surface area contributed by atoms with Gasteiger partial charge in [0.05, 0.1) is 6.10 Å². The number of aryl methyl sites for hydroxylation is 1. The van der Waals surface area contributed by atoms with Crippen LogP contribution in [0.5, 0.6) is 0 Å². The summed E-state index contributed by atoms with van der Waals surface area (Å²) >= 11 is 1.70. The lowest BCUT2D eigenvalue weighted by Crippen LogP contribution is -2.37. The lowest BCUT2D eigenvalue weighted by Gasteiger charge is -2.34. The summed E-state index contributed by atoms with van der Waals surface area (Å²) in [6, 6.07) is 0.483. The van der Waals surface area contributed by atoms with E-state index in [9.17, 15) is 0 Å². The van der Waals surface area contributed by atoms with Gasteiger partial charge in [-0.15, -0.1) is 10.2 Å². The van der Waals surface area contributed by atoms with Gasteiger partial charge in [-0.1, -0.05) is 44.9 Å². The van der Waals surface area contributed by atoms with Crippen LogP contribution in [0.25, 0.3) is 0 Å². The van der Waals surface area contributed by atoms with Gasteiger partial charge < -0.3 is 10.1 Å². The number of anilines is 1. The largest absolute Gasteiger partial charge is 0.378 e. The molecule has 1 fully saturated rings. The third-order valence-corrected chi connectivity index (χ3v) is 5.06. The first kappa shape index (κ1) is 15.7. The molecule has 2 rings (SSSR count). The van der Waals surface area contributed by atoms with Gasteiger partial charge in [-0.05, 0) is 25.2 Å². The lowest BCUT2D eigenvalue weighted by molar-refractivity contribution is -0.0271. The van der Waals surface area contributed by atoms with E-state index in [2.05, 4.69) is 36.3 Å². The Morgan fingerprint density at radius 3 is 2.80 bits per heavy atom. The Balaban J connectivity index is 1.88. The number of rotatable bonds is 7. The maximum Gasteiger partial charge on any atom is 0.205 e. The Hall–Kier alpha value is -0.680. The van der Waals surface area contributed by atoms with Crippen molar-refractivity contribution in [3.05, 3.63) is 5.01 Å². The van der Waals surface area contributed by atoms with Crippen molar-refractivity contribution in [2.45, 2.75) is 71.4 Å². The Labute approximate surface area is 126 Å². The number of nitrogens with one attached hydrogen (secondary N) is 1. The Morgan fingerprint density at radius 1 is 1.30 bits per heavy atom. The van der Waals surface area contributed by atoms with E-state index >= 15 is 0 Å². The van der Waals surface area contributed by atoms with Gasteiger partial charge in [0, 0.05) is 19.1 Å². The minimum Gasteiger partial charge on any atom is -0.378 e. The van der Waals surface area contributed by atoms with Gasteiger partial charge >= 0.3 is 0 Å². The molecule has 4 nitrogen and oxygen atoms in total. The first-order chi connectivity index (χ1) is 9.76. The van der Waals surface area contributed by atoms with E-state index in [1.807, 2.05) is 0 Å². The highest BCUT2D eigenvalue weighted by molar-refractivity contribution is 7.15. The van der Waals surface area contributed by atoms with Crippen molar-refractivity contribution in [2.24, 2.45) is 5.92 Å². The van der Waals surface area contributed by atoms with Crippen LogP contribution in [-0.4, -0.2) is 29.0 Å². The standard InChI is InChI=1S/C15H27N3OS/c1-4-7-14-17-18-15(20-14)16-12-8-9-19-13(10-12)11(5-2)6-3/h11-13H,4-10H2,1-3H3,(H,16,18). The van der Waals surface area contributed by atoms with E-state index < -0.39 is 0 Å². The molecular weight excluding hydrogens is 270 g/mol. The highest BCUT2D eigenvalue weighted by atomic mass is 32.1. The predicted octanol–water partition coefficient (Wildman–Crippen LogP) is 3.89. The SMILES string of the molecule is CCCc1nnc(NC2CCOC(C(CC)CC)C2)s1. The Bertz CT molecular complexity index is 392. The zero-order valence-electron chi connectivity index (χ0n) is 12.9. The molecule has 0 aromatic carbocycles. The number of aromatic nitrogens is 2. The fourth-order valence-electron chi connectivity index (χ4n) is 2.90. The fraction of sp³-hybridized carbons (Fsp3) is 0.867. The van der Waals surface area contributed by atoms with Crippen LogP contribution < -0.4 is 5.32 Å². The molecule has 0 radical (unpaired) electrons. The molecule has 1 aromatic rings. The average molecular weight is 297 g/mol. The summed E-state index contributed by atoms with van der Waals surface area (Å²) < 4.78 is 5.96. The van der Waals surface area contributed by atoms with Crippen LogP contribution in [0.1, 0.15) is 57.9 Å². The summed E-state index contributed by atoms with van der Waals surface area (Å²) in [6.45, 7) is 7.55. The van der Waals surface area contributed by atoms with E-state index in [-0.39, 0.29) is 0 Å². The van der Waals surface area contributed by atoms with Crippen molar-refractivity contribution in [1.29, 1.82) is 0 Å². The second kappa shape index (κ2) is 7.93. The van der Waals surface area contributed by atoms with Crippen LogP contribution in [0.4, 0.5) is 5.13 Å². The van der Waals surface area contributed by atoms with Crippen molar-refractivity contribution in [3.8, 4) is 0 Å². The molecule has 0 saturated carbocycles. The monoisotopic (exact) mass is 297 g/mol.